The van der Waals surface area contributed by atoms with Gasteiger partial charge in [0.1, 0.15) is 23.2 Å². The molecule has 2 aromatic heterocycles. The number of hydrogen-bond donors (Lipinski definition) is 1. The molecule has 7 heteroatoms. The summed E-state index contributed by atoms with van der Waals surface area (Å²) in [7, 11) is 1.83. The number of aryl methyl sites for hydroxylation is 1. The molecular weight excluding hydrogens is 330 g/mol. The van der Waals surface area contributed by atoms with Crippen LogP contribution < -0.4 is 5.32 Å². The van der Waals surface area contributed by atoms with E-state index in [0.29, 0.717) is 17.9 Å². The van der Waals surface area contributed by atoms with Crippen molar-refractivity contribution in [3.63, 3.8) is 0 Å². The average Bonchev–Trinajstić information content (AvgIpc) is 3.21. The molecule has 3 aromatic rings. The Labute approximate surface area is 151 Å². The number of amides is 1. The van der Waals surface area contributed by atoms with Crippen molar-refractivity contribution in [3.8, 4) is 11.8 Å². The molecule has 0 aliphatic carbocycles. The third kappa shape index (κ3) is 3.99. The highest BCUT2D eigenvalue weighted by molar-refractivity contribution is 5.92. The van der Waals surface area contributed by atoms with E-state index in [9.17, 15) is 10.1 Å². The lowest BCUT2D eigenvalue weighted by Crippen LogP contribution is -2.30. The van der Waals surface area contributed by atoms with E-state index >= 15 is 0 Å². The molecule has 7 nitrogen and oxygen atoms in total. The fourth-order valence-corrected chi connectivity index (χ4v) is 2.62. The summed E-state index contributed by atoms with van der Waals surface area (Å²) in [5.74, 6) is 1.77. The maximum Gasteiger partial charge on any atom is 0.239 e. The lowest BCUT2D eigenvalue weighted by atomic mass is 10.3. The molecule has 0 fully saturated rings. The van der Waals surface area contributed by atoms with E-state index in [1.807, 2.05) is 61.3 Å². The molecule has 1 amide bonds. The second kappa shape index (κ2) is 7.68. The molecule has 3 rings (SSSR count). The van der Waals surface area contributed by atoms with Crippen LogP contribution in [0.4, 0.5) is 5.82 Å². The monoisotopic (exact) mass is 349 g/mol. The number of nitrogens with zero attached hydrogens (tertiary/aromatic N) is 4. The molecule has 0 aliphatic heterocycles. The van der Waals surface area contributed by atoms with Crippen LogP contribution in [0.15, 0.2) is 53.1 Å². The Bertz CT molecular complexity index is 936. The number of para-hydroxylation sites is 1. The van der Waals surface area contributed by atoms with Crippen molar-refractivity contribution in [3.05, 3.63) is 65.7 Å². The molecule has 0 radical (unpaired) electrons. The Hall–Kier alpha value is -3.37. The number of anilines is 1. The third-order valence-corrected chi connectivity index (χ3v) is 3.78. The van der Waals surface area contributed by atoms with Crippen LogP contribution in [0.5, 0.6) is 0 Å². The highest BCUT2D eigenvalue weighted by Crippen LogP contribution is 2.19. The summed E-state index contributed by atoms with van der Waals surface area (Å²) < 4.78 is 7.07. The van der Waals surface area contributed by atoms with Crippen LogP contribution in [0.1, 0.15) is 17.1 Å². The maximum atomic E-state index is 12.4. The van der Waals surface area contributed by atoms with E-state index in [1.54, 1.807) is 4.68 Å². The van der Waals surface area contributed by atoms with Gasteiger partial charge in [-0.05, 0) is 38.2 Å². The van der Waals surface area contributed by atoms with E-state index in [0.717, 1.165) is 17.2 Å². The van der Waals surface area contributed by atoms with Gasteiger partial charge in [0.05, 0.1) is 25.0 Å². The van der Waals surface area contributed by atoms with Crippen molar-refractivity contribution in [2.75, 3.05) is 18.9 Å². The van der Waals surface area contributed by atoms with Crippen LogP contribution >= 0.6 is 0 Å². The fraction of sp³-hybridized carbons (Fsp3) is 0.211. The van der Waals surface area contributed by atoms with Crippen molar-refractivity contribution in [2.24, 2.45) is 0 Å². The van der Waals surface area contributed by atoms with E-state index < -0.39 is 0 Å². The first-order valence-corrected chi connectivity index (χ1v) is 8.14. The van der Waals surface area contributed by atoms with Gasteiger partial charge in [-0.25, -0.2) is 4.68 Å². The summed E-state index contributed by atoms with van der Waals surface area (Å²) in [5.41, 5.74) is 1.08. The van der Waals surface area contributed by atoms with Crippen molar-refractivity contribution >= 4 is 11.7 Å². The second-order valence-electron chi connectivity index (χ2n) is 6.00. The predicted molar refractivity (Wildman–Crippen MR) is 96.7 cm³/mol. The van der Waals surface area contributed by atoms with Gasteiger partial charge < -0.3 is 9.73 Å². The molecular formula is C19H19N5O2. The number of nitrogens with one attached hydrogen (secondary N) is 1. The number of rotatable bonds is 6. The second-order valence-corrected chi connectivity index (χ2v) is 6.00. The van der Waals surface area contributed by atoms with Gasteiger partial charge >= 0.3 is 0 Å². The van der Waals surface area contributed by atoms with Gasteiger partial charge in [-0.15, -0.1) is 0 Å². The van der Waals surface area contributed by atoms with Crippen LogP contribution in [-0.4, -0.2) is 34.2 Å². The largest absolute Gasteiger partial charge is 0.465 e. The van der Waals surface area contributed by atoms with Gasteiger partial charge in [-0.1, -0.05) is 18.2 Å². The van der Waals surface area contributed by atoms with Crippen LogP contribution in [0, 0.1) is 18.3 Å². The van der Waals surface area contributed by atoms with Gasteiger partial charge in [0.15, 0.2) is 5.82 Å². The molecule has 0 atom stereocenters. The number of carbonyl (C=O) groups is 1. The Morgan fingerprint density at radius 2 is 2.08 bits per heavy atom. The minimum absolute atomic E-state index is 0.157. The quantitative estimate of drug-likeness (QED) is 0.739. The SMILES string of the molecule is Cc1ccc(CN(C)CC(=O)Nc2c(C#N)cnn2-c2ccccc2)o1. The number of aromatic nitrogens is 2. The normalized spacial score (nSPS) is 10.7. The minimum atomic E-state index is -0.232. The standard InChI is InChI=1S/C19H19N5O2/c1-14-8-9-17(26-14)12-23(2)13-18(25)22-19-15(10-20)11-21-24(19)16-6-4-3-5-7-16/h3-9,11H,12-13H2,1-2H3,(H,22,25). The summed E-state index contributed by atoms with van der Waals surface area (Å²) in [6.07, 6.45) is 1.44. The maximum absolute atomic E-state index is 12.4. The molecule has 0 saturated carbocycles. The van der Waals surface area contributed by atoms with E-state index in [-0.39, 0.29) is 12.5 Å². The lowest BCUT2D eigenvalue weighted by Gasteiger charge is -2.15. The zero-order chi connectivity index (χ0) is 18.5. The van der Waals surface area contributed by atoms with Crippen molar-refractivity contribution in [1.29, 1.82) is 5.26 Å². The lowest BCUT2D eigenvalue weighted by molar-refractivity contribution is -0.117. The zero-order valence-corrected chi connectivity index (χ0v) is 14.6. The molecule has 1 aromatic carbocycles. The summed E-state index contributed by atoms with van der Waals surface area (Å²) >= 11 is 0. The Balaban J connectivity index is 1.71. The number of benzene rings is 1. The van der Waals surface area contributed by atoms with Crippen LogP contribution in [0.25, 0.3) is 5.69 Å². The van der Waals surface area contributed by atoms with E-state index in [2.05, 4.69) is 16.5 Å². The molecule has 0 spiro atoms. The molecule has 2 heterocycles. The summed E-state index contributed by atoms with van der Waals surface area (Å²) in [4.78, 5) is 14.3. The molecule has 0 saturated heterocycles. The number of furan rings is 1. The van der Waals surface area contributed by atoms with Gasteiger partial charge in [0.2, 0.25) is 5.91 Å². The number of nitriles is 1. The smallest absolute Gasteiger partial charge is 0.239 e. The Morgan fingerprint density at radius 1 is 1.31 bits per heavy atom. The molecule has 0 bridgehead atoms. The highest BCUT2D eigenvalue weighted by Gasteiger charge is 2.16. The van der Waals surface area contributed by atoms with Gasteiger partial charge in [0.25, 0.3) is 0 Å². The first kappa shape index (κ1) is 17.5. The Kier molecular flexibility index (Phi) is 5.15. The minimum Gasteiger partial charge on any atom is -0.465 e. The molecule has 0 unspecified atom stereocenters. The van der Waals surface area contributed by atoms with Gasteiger partial charge in [0, 0.05) is 0 Å². The summed E-state index contributed by atoms with van der Waals surface area (Å²) in [5, 5.41) is 16.3. The summed E-state index contributed by atoms with van der Waals surface area (Å²) in [6.45, 7) is 2.55. The van der Waals surface area contributed by atoms with Gasteiger partial charge in [-0.2, -0.15) is 10.4 Å². The molecule has 26 heavy (non-hydrogen) atoms. The summed E-state index contributed by atoms with van der Waals surface area (Å²) in [6, 6.07) is 15.2. The van der Waals surface area contributed by atoms with Crippen molar-refractivity contribution in [1.82, 2.24) is 14.7 Å². The first-order chi connectivity index (χ1) is 12.6. The highest BCUT2D eigenvalue weighted by atomic mass is 16.3. The molecule has 0 aliphatic rings. The van der Waals surface area contributed by atoms with Crippen LogP contribution in [0.2, 0.25) is 0 Å². The van der Waals surface area contributed by atoms with Crippen molar-refractivity contribution in [2.45, 2.75) is 13.5 Å². The molecule has 1 N–H and O–H groups in total. The van der Waals surface area contributed by atoms with Crippen molar-refractivity contribution < 1.29 is 9.21 Å². The number of hydrogen-bond acceptors (Lipinski definition) is 5. The third-order valence-electron chi connectivity index (χ3n) is 3.78. The van der Waals surface area contributed by atoms with E-state index in [1.165, 1.54) is 6.20 Å². The predicted octanol–water partition coefficient (Wildman–Crippen LogP) is 2.72. The van der Waals surface area contributed by atoms with Crippen LogP contribution in [-0.2, 0) is 11.3 Å². The average molecular weight is 349 g/mol. The van der Waals surface area contributed by atoms with Crippen LogP contribution in [0.3, 0.4) is 0 Å². The topological polar surface area (TPSA) is 87.1 Å². The van der Waals surface area contributed by atoms with E-state index in [4.69, 9.17) is 4.42 Å². The number of likely N-dealkylation sites (N-methyl/N-ethyl adjacent to an activating group) is 1. The molecule has 132 valence electrons. The first-order valence-electron chi connectivity index (χ1n) is 8.14. The Morgan fingerprint density at radius 3 is 2.73 bits per heavy atom. The number of carbonyl (C=O) groups excluding carboxylic acids is 1. The van der Waals surface area contributed by atoms with Gasteiger partial charge in [-0.3, -0.25) is 9.69 Å². The fourth-order valence-electron chi connectivity index (χ4n) is 2.62. The zero-order valence-electron chi connectivity index (χ0n) is 14.6.